The minimum absolute atomic E-state index is 0.395. The molecule has 2 heteroatoms. The van der Waals surface area contributed by atoms with Crippen molar-refractivity contribution in [3.63, 3.8) is 0 Å². The van der Waals surface area contributed by atoms with Crippen LogP contribution in [0.15, 0.2) is 12.5 Å². The summed E-state index contributed by atoms with van der Waals surface area (Å²) < 4.78 is 10.5. The standard InChI is InChI=1S/C8H14O2/c1-7(2)6-8(3)9-4-5-10-8/h4-5,7H,6H2,1-3H3. The second-order valence-electron chi connectivity index (χ2n) is 3.24. The molecule has 58 valence electrons. The Morgan fingerprint density at radius 3 is 2.20 bits per heavy atom. The first-order valence-electron chi connectivity index (χ1n) is 3.63. The quantitative estimate of drug-likeness (QED) is 0.588. The second-order valence-corrected chi connectivity index (χ2v) is 3.24. The molecule has 10 heavy (non-hydrogen) atoms. The summed E-state index contributed by atoms with van der Waals surface area (Å²) in [6, 6.07) is 0. The van der Waals surface area contributed by atoms with Crippen LogP contribution in [0.25, 0.3) is 0 Å². The summed E-state index contributed by atoms with van der Waals surface area (Å²) in [5.41, 5.74) is 0. The zero-order valence-corrected chi connectivity index (χ0v) is 6.76. The highest BCUT2D eigenvalue weighted by atomic mass is 16.7. The third-order valence-electron chi connectivity index (χ3n) is 1.47. The SMILES string of the molecule is CC(C)CC1(C)OC=CO1. The highest BCUT2D eigenvalue weighted by Crippen LogP contribution is 2.26. The molecule has 0 bridgehead atoms. The largest absolute Gasteiger partial charge is 0.457 e. The molecule has 0 fully saturated rings. The van der Waals surface area contributed by atoms with Crippen LogP contribution in [0.4, 0.5) is 0 Å². The molecule has 0 atom stereocenters. The lowest BCUT2D eigenvalue weighted by Gasteiger charge is -2.24. The Labute approximate surface area is 61.8 Å². The Balaban J connectivity index is 2.38. The van der Waals surface area contributed by atoms with Crippen molar-refractivity contribution in [2.75, 3.05) is 0 Å². The van der Waals surface area contributed by atoms with Gasteiger partial charge in [-0.2, -0.15) is 0 Å². The fourth-order valence-corrected chi connectivity index (χ4v) is 1.21. The Hall–Kier alpha value is -0.660. The molecule has 0 aromatic heterocycles. The van der Waals surface area contributed by atoms with E-state index in [9.17, 15) is 0 Å². The molecular weight excluding hydrogens is 128 g/mol. The van der Waals surface area contributed by atoms with Crippen molar-refractivity contribution in [2.45, 2.75) is 33.0 Å². The number of hydrogen-bond acceptors (Lipinski definition) is 2. The van der Waals surface area contributed by atoms with Gasteiger partial charge in [-0.25, -0.2) is 0 Å². The molecule has 0 spiro atoms. The second kappa shape index (κ2) is 2.52. The zero-order chi connectivity index (χ0) is 7.61. The molecule has 0 N–H and O–H groups in total. The summed E-state index contributed by atoms with van der Waals surface area (Å²) in [5, 5.41) is 0. The monoisotopic (exact) mass is 142 g/mol. The van der Waals surface area contributed by atoms with E-state index in [4.69, 9.17) is 9.47 Å². The highest BCUT2D eigenvalue weighted by molar-refractivity contribution is 4.80. The van der Waals surface area contributed by atoms with Crippen molar-refractivity contribution in [2.24, 2.45) is 5.92 Å². The molecule has 0 aromatic carbocycles. The molecule has 1 aliphatic heterocycles. The molecule has 2 nitrogen and oxygen atoms in total. The maximum atomic E-state index is 5.25. The normalized spacial score (nSPS) is 20.8. The molecule has 0 saturated heterocycles. The third-order valence-corrected chi connectivity index (χ3v) is 1.47. The van der Waals surface area contributed by atoms with E-state index in [1.54, 1.807) is 12.5 Å². The topological polar surface area (TPSA) is 18.5 Å². The Morgan fingerprint density at radius 1 is 1.30 bits per heavy atom. The predicted molar refractivity (Wildman–Crippen MR) is 39.2 cm³/mol. The lowest BCUT2D eigenvalue weighted by molar-refractivity contribution is -0.137. The first kappa shape index (κ1) is 7.45. The van der Waals surface area contributed by atoms with E-state index in [1.165, 1.54) is 0 Å². The lowest BCUT2D eigenvalue weighted by Crippen LogP contribution is -2.27. The average Bonchev–Trinajstić information content (AvgIpc) is 2.12. The third kappa shape index (κ3) is 1.66. The Morgan fingerprint density at radius 2 is 1.80 bits per heavy atom. The van der Waals surface area contributed by atoms with Gasteiger partial charge >= 0.3 is 0 Å². The zero-order valence-electron chi connectivity index (χ0n) is 6.76. The summed E-state index contributed by atoms with van der Waals surface area (Å²) >= 11 is 0. The van der Waals surface area contributed by atoms with Crippen molar-refractivity contribution in [1.29, 1.82) is 0 Å². The molecule has 0 amide bonds. The van der Waals surface area contributed by atoms with Crippen LogP contribution in [0.3, 0.4) is 0 Å². The van der Waals surface area contributed by atoms with E-state index < -0.39 is 5.79 Å². The van der Waals surface area contributed by atoms with E-state index in [0.717, 1.165) is 6.42 Å². The fourth-order valence-electron chi connectivity index (χ4n) is 1.21. The minimum atomic E-state index is -0.395. The van der Waals surface area contributed by atoms with Gasteiger partial charge in [-0.05, 0) is 5.92 Å². The van der Waals surface area contributed by atoms with E-state index in [1.807, 2.05) is 6.92 Å². The molecule has 1 aliphatic rings. The van der Waals surface area contributed by atoms with Crippen molar-refractivity contribution in [1.82, 2.24) is 0 Å². The molecular formula is C8H14O2. The smallest absolute Gasteiger partial charge is 0.247 e. The van der Waals surface area contributed by atoms with Gasteiger partial charge in [0.25, 0.3) is 0 Å². The van der Waals surface area contributed by atoms with Gasteiger partial charge in [0.15, 0.2) is 0 Å². The minimum Gasteiger partial charge on any atom is -0.457 e. The summed E-state index contributed by atoms with van der Waals surface area (Å²) in [6.07, 6.45) is 4.13. The van der Waals surface area contributed by atoms with Crippen molar-refractivity contribution >= 4 is 0 Å². The number of hydrogen-bond donors (Lipinski definition) is 0. The van der Waals surface area contributed by atoms with Crippen LogP contribution in [0.1, 0.15) is 27.2 Å². The van der Waals surface area contributed by atoms with E-state index in [0.29, 0.717) is 5.92 Å². The molecule has 0 saturated carbocycles. The maximum absolute atomic E-state index is 5.25. The van der Waals surface area contributed by atoms with Crippen molar-refractivity contribution in [3.05, 3.63) is 12.5 Å². The van der Waals surface area contributed by atoms with Gasteiger partial charge in [0, 0.05) is 13.3 Å². The van der Waals surface area contributed by atoms with E-state index in [-0.39, 0.29) is 0 Å². The summed E-state index contributed by atoms with van der Waals surface area (Å²) in [4.78, 5) is 0. The van der Waals surface area contributed by atoms with Crippen LogP contribution in [0.5, 0.6) is 0 Å². The molecule has 0 unspecified atom stereocenters. The van der Waals surface area contributed by atoms with E-state index in [2.05, 4.69) is 13.8 Å². The molecule has 1 heterocycles. The van der Waals surface area contributed by atoms with Gasteiger partial charge in [0.2, 0.25) is 5.79 Å². The molecule has 1 rings (SSSR count). The van der Waals surface area contributed by atoms with Crippen molar-refractivity contribution in [3.8, 4) is 0 Å². The van der Waals surface area contributed by atoms with Crippen LogP contribution < -0.4 is 0 Å². The van der Waals surface area contributed by atoms with Crippen LogP contribution in [-0.2, 0) is 9.47 Å². The van der Waals surface area contributed by atoms with Gasteiger partial charge in [0.05, 0.1) is 0 Å². The van der Waals surface area contributed by atoms with Gasteiger partial charge in [-0.1, -0.05) is 13.8 Å². The lowest BCUT2D eigenvalue weighted by atomic mass is 10.0. The van der Waals surface area contributed by atoms with Crippen molar-refractivity contribution < 1.29 is 9.47 Å². The first-order valence-corrected chi connectivity index (χ1v) is 3.63. The molecule has 0 aliphatic carbocycles. The van der Waals surface area contributed by atoms with Gasteiger partial charge < -0.3 is 9.47 Å². The predicted octanol–water partition coefficient (Wildman–Crippen LogP) is 2.27. The molecule has 0 aromatic rings. The summed E-state index contributed by atoms with van der Waals surface area (Å²) in [5.74, 6) is 0.207. The molecule has 0 radical (unpaired) electrons. The Bertz CT molecular complexity index is 130. The van der Waals surface area contributed by atoms with Gasteiger partial charge in [-0.3, -0.25) is 0 Å². The number of ether oxygens (including phenoxy) is 2. The first-order chi connectivity index (χ1) is 4.62. The average molecular weight is 142 g/mol. The van der Waals surface area contributed by atoms with Gasteiger partial charge in [-0.15, -0.1) is 0 Å². The highest BCUT2D eigenvalue weighted by Gasteiger charge is 2.29. The van der Waals surface area contributed by atoms with Crippen LogP contribution in [0.2, 0.25) is 0 Å². The van der Waals surface area contributed by atoms with Crippen LogP contribution >= 0.6 is 0 Å². The van der Waals surface area contributed by atoms with Crippen LogP contribution in [-0.4, -0.2) is 5.79 Å². The van der Waals surface area contributed by atoms with Gasteiger partial charge in [0.1, 0.15) is 12.5 Å². The summed E-state index contributed by atoms with van der Waals surface area (Å²) in [6.45, 7) is 6.25. The maximum Gasteiger partial charge on any atom is 0.247 e. The van der Waals surface area contributed by atoms with E-state index >= 15 is 0 Å². The van der Waals surface area contributed by atoms with Crippen LogP contribution in [0, 0.1) is 5.92 Å². The number of rotatable bonds is 2. The summed E-state index contributed by atoms with van der Waals surface area (Å²) in [7, 11) is 0. The fraction of sp³-hybridized carbons (Fsp3) is 0.750. The Kier molecular flexibility index (Phi) is 1.88.